The van der Waals surface area contributed by atoms with Crippen LogP contribution >= 0.6 is 0 Å². The van der Waals surface area contributed by atoms with Crippen LogP contribution in [0.3, 0.4) is 0 Å². The maximum absolute atomic E-state index is 14.0. The second-order valence-electron chi connectivity index (χ2n) is 15.8. The molecule has 1 fully saturated rings. The Morgan fingerprint density at radius 2 is 1.47 bits per heavy atom. The van der Waals surface area contributed by atoms with Crippen molar-refractivity contribution in [1.82, 2.24) is 0 Å². The summed E-state index contributed by atoms with van der Waals surface area (Å²) in [5.41, 5.74) is 4.17. The molecule has 5 heteroatoms. The fourth-order valence-corrected chi connectivity index (χ4v) is 15.0. The third kappa shape index (κ3) is 8.08. The Hall–Kier alpha value is -2.09. The van der Waals surface area contributed by atoms with Crippen molar-refractivity contribution >= 4 is 38.5 Å². The van der Waals surface area contributed by atoms with Crippen molar-refractivity contribution in [1.29, 1.82) is 0 Å². The molecule has 2 aromatic carbocycles. The number of aliphatic hydroxyl groups excluding tert-OH is 1. The predicted molar refractivity (Wildman–Crippen MR) is 188 cm³/mol. The molecule has 0 saturated heterocycles. The Morgan fingerprint density at radius 1 is 0.889 bits per heavy atom. The molecule has 3 atom stereocenters. The molecule has 45 heavy (non-hydrogen) atoms. The van der Waals surface area contributed by atoms with Crippen LogP contribution < -0.4 is 7.22 Å². The van der Waals surface area contributed by atoms with Gasteiger partial charge >= 0.3 is 281 Å². The molecule has 2 aromatic rings. The van der Waals surface area contributed by atoms with Crippen molar-refractivity contribution in [3.8, 4) is 0 Å². The molecule has 1 saturated carbocycles. The quantitative estimate of drug-likeness (QED) is 0.207. The van der Waals surface area contributed by atoms with Crippen molar-refractivity contribution in [3.05, 3.63) is 68.0 Å². The van der Waals surface area contributed by atoms with Gasteiger partial charge in [0.15, 0.2) is 0 Å². The zero-order chi connectivity index (χ0) is 33.4. The molecule has 4 nitrogen and oxygen atoms in total. The van der Waals surface area contributed by atoms with Crippen LogP contribution in [-0.4, -0.2) is 42.5 Å². The standard InChI is InChI=1S/C40H56O4Te/c1-23(2)29-19-32(25(5)6)37(33(20-29)26(7)8)45(38-34(41)21-40(10,11)22-35(38)42)30-15-13-28(14-16-30)39(43)44-36-18-27(9)12-17-31(36)24(3)4/h13-16,19-20,23-27,31,36H,12,17-18,21-22H2,1-11H3/p+1/t27-,31+,36-/m1/s1. The maximum atomic E-state index is 14.0. The van der Waals surface area contributed by atoms with Gasteiger partial charge in [0.1, 0.15) is 0 Å². The Labute approximate surface area is 280 Å². The number of ketones is 1. The van der Waals surface area contributed by atoms with Gasteiger partial charge in [-0.15, -0.1) is 0 Å². The van der Waals surface area contributed by atoms with E-state index in [9.17, 15) is 14.7 Å². The third-order valence-electron chi connectivity index (χ3n) is 9.83. The number of hydrogen-bond acceptors (Lipinski definition) is 4. The van der Waals surface area contributed by atoms with Crippen LogP contribution in [0.4, 0.5) is 0 Å². The van der Waals surface area contributed by atoms with Crippen molar-refractivity contribution in [2.24, 2.45) is 23.2 Å². The number of ether oxygens (including phenoxy) is 1. The summed E-state index contributed by atoms with van der Waals surface area (Å²) in [4.78, 5) is 27.5. The number of hydrogen-bond donors (Lipinski definition) is 1. The monoisotopic (exact) mass is 731 g/mol. The van der Waals surface area contributed by atoms with Gasteiger partial charge in [0.25, 0.3) is 0 Å². The number of carbonyl (C=O) groups excluding carboxylic acids is 2. The number of esters is 1. The minimum atomic E-state index is -2.89. The van der Waals surface area contributed by atoms with Crippen LogP contribution in [0.5, 0.6) is 0 Å². The molecule has 0 amide bonds. The molecular weight excluding hydrogens is 672 g/mol. The van der Waals surface area contributed by atoms with Crippen LogP contribution in [0.2, 0.25) is 0 Å². The minimum absolute atomic E-state index is 0.0582. The van der Waals surface area contributed by atoms with Crippen LogP contribution in [0.1, 0.15) is 153 Å². The molecule has 0 bridgehead atoms. The van der Waals surface area contributed by atoms with E-state index in [1.54, 1.807) is 0 Å². The molecule has 0 radical (unpaired) electrons. The van der Waals surface area contributed by atoms with E-state index in [1.165, 1.54) is 26.7 Å². The van der Waals surface area contributed by atoms with E-state index in [1.807, 2.05) is 12.1 Å². The summed E-state index contributed by atoms with van der Waals surface area (Å²) in [7, 11) is 0. The number of rotatable bonds is 9. The zero-order valence-electron chi connectivity index (χ0n) is 29.6. The Kier molecular flexibility index (Phi) is 11.4. The zero-order valence-corrected chi connectivity index (χ0v) is 32.0. The summed E-state index contributed by atoms with van der Waals surface area (Å²) >= 11 is -2.89. The fourth-order valence-electron chi connectivity index (χ4n) is 7.15. The molecular formula is C40H57O4Te+. The number of Topliss-reactive ketones (excluding diaryl/α,β-unsaturated/α-hetero) is 1. The van der Waals surface area contributed by atoms with Gasteiger partial charge in [-0.1, -0.05) is 0 Å². The van der Waals surface area contributed by atoms with Gasteiger partial charge < -0.3 is 0 Å². The van der Waals surface area contributed by atoms with Crippen molar-refractivity contribution in [2.75, 3.05) is 0 Å². The van der Waals surface area contributed by atoms with E-state index in [2.05, 4.69) is 100 Å². The molecule has 0 unspecified atom stereocenters. The predicted octanol–water partition coefficient (Wildman–Crippen LogP) is 9.02. The first-order valence-corrected chi connectivity index (χ1v) is 20.7. The molecule has 0 aromatic heterocycles. The van der Waals surface area contributed by atoms with E-state index >= 15 is 0 Å². The van der Waals surface area contributed by atoms with Crippen molar-refractivity contribution in [2.45, 2.75) is 132 Å². The number of carbonyl (C=O) groups is 2. The van der Waals surface area contributed by atoms with Crippen molar-refractivity contribution in [3.63, 3.8) is 0 Å². The fraction of sp³-hybridized carbons (Fsp3) is 0.600. The summed E-state index contributed by atoms with van der Waals surface area (Å²) in [5, 5.41) is 11.6. The van der Waals surface area contributed by atoms with Crippen LogP contribution in [-0.2, 0) is 9.53 Å². The van der Waals surface area contributed by atoms with E-state index in [-0.39, 0.29) is 40.9 Å². The summed E-state index contributed by atoms with van der Waals surface area (Å²) in [6.45, 7) is 24.2. The first-order valence-electron chi connectivity index (χ1n) is 17.2. The molecule has 0 aliphatic heterocycles. The van der Waals surface area contributed by atoms with Gasteiger partial charge in [-0.2, -0.15) is 0 Å². The first kappa shape index (κ1) is 35.8. The molecule has 0 heterocycles. The Bertz CT molecular complexity index is 1380. The van der Waals surface area contributed by atoms with Crippen LogP contribution in [0, 0.1) is 23.2 Å². The topological polar surface area (TPSA) is 63.6 Å². The second-order valence-corrected chi connectivity index (χ2v) is 21.2. The first-order chi connectivity index (χ1) is 21.0. The summed E-state index contributed by atoms with van der Waals surface area (Å²) in [6, 6.07) is 12.6. The second kappa shape index (κ2) is 14.4. The van der Waals surface area contributed by atoms with E-state index < -0.39 is 19.6 Å². The SMILES string of the molecule is CC(C)c1cc(C(C)C)c([Te+](C2=C(O)CC(C)(C)CC2=O)c2ccc(C(=O)O[C@@H]3C[C@H](C)CC[C@H]3C(C)C)cc2)c(C(C)C)c1. The average molecular weight is 729 g/mol. The molecule has 2 aliphatic carbocycles. The van der Waals surface area contributed by atoms with Gasteiger partial charge in [-0.25, -0.2) is 0 Å². The Balaban J connectivity index is 1.84. The molecule has 0 spiro atoms. The number of aliphatic hydroxyl groups is 1. The van der Waals surface area contributed by atoms with Gasteiger partial charge in [-0.3, -0.25) is 0 Å². The van der Waals surface area contributed by atoms with E-state index in [0.717, 1.165) is 16.5 Å². The number of benzene rings is 2. The van der Waals surface area contributed by atoms with Crippen molar-refractivity contribution < 1.29 is 19.4 Å². The molecule has 1 N–H and O–H groups in total. The average Bonchev–Trinajstić information content (AvgIpc) is 2.93. The Morgan fingerprint density at radius 3 is 1.96 bits per heavy atom. The number of allylic oxidation sites excluding steroid dienone is 2. The van der Waals surface area contributed by atoms with Gasteiger partial charge in [0.2, 0.25) is 0 Å². The van der Waals surface area contributed by atoms with E-state index in [0.29, 0.717) is 45.7 Å². The summed E-state index contributed by atoms with van der Waals surface area (Å²) in [6.07, 6.45) is 4.08. The van der Waals surface area contributed by atoms with Crippen LogP contribution in [0.25, 0.3) is 0 Å². The summed E-state index contributed by atoms with van der Waals surface area (Å²) < 4.78 is 9.23. The summed E-state index contributed by atoms with van der Waals surface area (Å²) in [5.74, 6) is 2.39. The van der Waals surface area contributed by atoms with E-state index in [4.69, 9.17) is 4.74 Å². The van der Waals surface area contributed by atoms with Gasteiger partial charge in [0.05, 0.1) is 0 Å². The van der Waals surface area contributed by atoms with Crippen LogP contribution in [0.15, 0.2) is 45.8 Å². The normalized spacial score (nSPS) is 22.3. The molecule has 4 rings (SSSR count). The third-order valence-corrected chi connectivity index (χ3v) is 17.0. The molecule has 246 valence electrons. The van der Waals surface area contributed by atoms with Gasteiger partial charge in [0, 0.05) is 0 Å². The molecule has 2 aliphatic rings. The van der Waals surface area contributed by atoms with Gasteiger partial charge in [-0.05, 0) is 0 Å².